The molecule has 31 heteroatoms. The number of hydrogen-bond donors (Lipinski definition) is 6. The summed E-state index contributed by atoms with van der Waals surface area (Å²) in [5, 5.41) is 13.5. The first-order chi connectivity index (χ1) is 31.8. The van der Waals surface area contributed by atoms with Crippen molar-refractivity contribution in [2.24, 2.45) is 0 Å². The maximum Gasteiger partial charge on any atom is 1.00 e. The van der Waals surface area contributed by atoms with E-state index in [1.54, 1.807) is 0 Å². The Kier molecular flexibility index (Phi) is 23.7. The van der Waals surface area contributed by atoms with Crippen LogP contribution in [0.2, 0.25) is 0 Å². The van der Waals surface area contributed by atoms with Crippen LogP contribution in [0.1, 0.15) is 41.4 Å². The molecule has 72 heavy (non-hydrogen) atoms. The van der Waals surface area contributed by atoms with Gasteiger partial charge in [0.05, 0.1) is 42.3 Å². The molecule has 0 aliphatic heterocycles. The number of carbonyl (C=O) groups is 5. The maximum absolute atomic E-state index is 13.7. The molecule has 352 valence electrons. The van der Waals surface area contributed by atoms with Crippen molar-refractivity contribution < 1.29 is 194 Å². The van der Waals surface area contributed by atoms with Gasteiger partial charge in [0.2, 0.25) is 0 Å². The number of hydrogen-bond acceptors (Lipinski definition) is 17. The van der Waals surface area contributed by atoms with Gasteiger partial charge in [-0.3, -0.25) is 19.2 Å². The van der Waals surface area contributed by atoms with Gasteiger partial charge >= 0.3 is 124 Å². The molecule has 0 atom stereocenters. The van der Waals surface area contributed by atoms with Gasteiger partial charge in [0, 0.05) is 33.6 Å². The molecule has 0 saturated carbocycles. The SMILES string of the molecule is O=C(Nc1cc(C(=O)Nc2ccccc2S(=O)(=O)[O-])cc(C(=O)Nc2ccccc2S(=O)(=O)[O-])c1)Nc1cc(C(=O)Nc2ccccc2S(=O)(=O)[O-])cc(C(=O)Nc2ccccc2S(=O)(=O)[O-])c1.[Na+].[Na+].[Na+].[Na+]. The predicted octanol–water partition coefficient (Wildman–Crippen LogP) is -8.03. The summed E-state index contributed by atoms with van der Waals surface area (Å²) in [6, 6.07) is 22.3. The van der Waals surface area contributed by atoms with Crippen molar-refractivity contribution in [1.82, 2.24) is 0 Å². The molecule has 0 fully saturated rings. The first-order valence-corrected chi connectivity index (χ1v) is 24.2. The summed E-state index contributed by atoms with van der Waals surface area (Å²) in [6.07, 6.45) is 0. The van der Waals surface area contributed by atoms with Crippen LogP contribution in [0, 0.1) is 0 Å². The van der Waals surface area contributed by atoms with Crippen molar-refractivity contribution in [3.63, 3.8) is 0 Å². The quantitative estimate of drug-likeness (QED) is 0.0436. The van der Waals surface area contributed by atoms with E-state index in [-0.39, 0.29) is 118 Å². The molecule has 6 rings (SSSR count). The molecule has 0 unspecified atom stereocenters. The summed E-state index contributed by atoms with van der Waals surface area (Å²) in [5.41, 5.74) is -4.69. The maximum atomic E-state index is 13.7. The number of carbonyl (C=O) groups excluding carboxylic acids is 5. The van der Waals surface area contributed by atoms with Gasteiger partial charge in [-0.25, -0.2) is 38.5 Å². The average Bonchev–Trinajstić information content (AvgIpc) is 3.25. The van der Waals surface area contributed by atoms with E-state index >= 15 is 0 Å². The molecule has 0 bridgehead atoms. The first-order valence-electron chi connectivity index (χ1n) is 18.6. The fourth-order valence-electron chi connectivity index (χ4n) is 6.15. The summed E-state index contributed by atoms with van der Waals surface area (Å²) >= 11 is 0. The second-order valence-electron chi connectivity index (χ2n) is 13.8. The van der Waals surface area contributed by atoms with Crippen molar-refractivity contribution in [2.75, 3.05) is 31.9 Å². The molecule has 6 amide bonds. The molecule has 0 heterocycles. The van der Waals surface area contributed by atoms with E-state index < -0.39 is 146 Å². The van der Waals surface area contributed by atoms with E-state index in [0.717, 1.165) is 84.9 Å². The Balaban J connectivity index is 0.00000444. The molecule has 6 N–H and O–H groups in total. The third kappa shape index (κ3) is 17.1. The number of benzene rings is 6. The summed E-state index contributed by atoms with van der Waals surface area (Å²) in [7, 11) is -20.6. The van der Waals surface area contributed by atoms with Crippen molar-refractivity contribution in [1.29, 1.82) is 0 Å². The van der Waals surface area contributed by atoms with E-state index in [1.807, 2.05) is 0 Å². The van der Waals surface area contributed by atoms with Gasteiger partial charge in [0.25, 0.3) is 23.6 Å². The van der Waals surface area contributed by atoms with Crippen molar-refractivity contribution >= 4 is 104 Å². The van der Waals surface area contributed by atoms with Gasteiger partial charge in [-0.15, -0.1) is 0 Å². The minimum atomic E-state index is -5.14. The molecule has 0 radical (unpaired) electrons. The molecule has 0 saturated heterocycles. The third-order valence-corrected chi connectivity index (χ3v) is 12.6. The Morgan fingerprint density at radius 1 is 0.306 bits per heavy atom. The van der Waals surface area contributed by atoms with Crippen LogP contribution in [0.5, 0.6) is 0 Å². The van der Waals surface area contributed by atoms with Gasteiger partial charge in [-0.1, -0.05) is 48.5 Å². The Morgan fingerprint density at radius 3 is 0.694 bits per heavy atom. The van der Waals surface area contributed by atoms with E-state index in [2.05, 4.69) is 31.9 Å². The molecular formula is C41H28N6Na4O17S4. The fourth-order valence-corrected chi connectivity index (χ4v) is 8.68. The molecule has 0 aliphatic rings. The Bertz CT molecular complexity index is 3110. The zero-order chi connectivity index (χ0) is 49.8. The molecular weight excluding hydrogens is 1070 g/mol. The monoisotopic (exact) mass is 1100 g/mol. The van der Waals surface area contributed by atoms with Gasteiger partial charge in [-0.2, -0.15) is 0 Å². The Morgan fingerprint density at radius 2 is 0.500 bits per heavy atom. The number of nitrogens with one attached hydrogen (secondary N) is 6. The average molecular weight is 1100 g/mol. The van der Waals surface area contributed by atoms with Crippen LogP contribution in [0.15, 0.2) is 153 Å². The zero-order valence-corrected chi connectivity index (χ0v) is 49.0. The van der Waals surface area contributed by atoms with Gasteiger partial charge < -0.3 is 50.1 Å². The standard InChI is InChI=1S/C41H32N6O17S4.4Na/c48-37(44-29-9-1-5-13-33(29)65(53,54)55)23-17-24(38(49)45-30-10-2-6-14-34(30)66(56,57)58)20-27(19-23)42-41(52)43-28-21-25(39(50)46-31-11-3-7-15-35(31)67(59,60)61)18-26(22-28)40(51)47-32-12-4-8-16-36(32)68(62,63)64;;;;/h1-22H,(H,44,48)(H,45,49)(H,46,50)(H,47,51)(H2,42,43,52)(H,53,54,55)(H,56,57,58)(H,59,60,61)(H,62,63,64);;;;/q;4*+1/p-4. The molecule has 6 aromatic carbocycles. The summed E-state index contributed by atoms with van der Waals surface area (Å²) in [5.74, 6) is -4.63. The van der Waals surface area contributed by atoms with Crippen LogP contribution >= 0.6 is 0 Å². The Labute approximate surface area is 499 Å². The number of rotatable bonds is 14. The number of amides is 6. The van der Waals surface area contributed by atoms with Crippen molar-refractivity contribution in [3.8, 4) is 0 Å². The minimum Gasteiger partial charge on any atom is -0.744 e. The molecule has 0 spiro atoms. The second-order valence-corrected chi connectivity index (χ2v) is 19.2. The molecule has 23 nitrogen and oxygen atoms in total. The van der Waals surface area contributed by atoms with Crippen LogP contribution in [0.3, 0.4) is 0 Å². The van der Waals surface area contributed by atoms with Gasteiger partial charge in [-0.05, 0) is 84.9 Å². The molecule has 0 aliphatic carbocycles. The predicted molar refractivity (Wildman–Crippen MR) is 235 cm³/mol. The first kappa shape index (κ1) is 64.2. The summed E-state index contributed by atoms with van der Waals surface area (Å²) < 4.78 is 143. The Hall–Kier alpha value is -3.89. The number of urea groups is 1. The van der Waals surface area contributed by atoms with Crippen LogP contribution in [0.4, 0.5) is 38.9 Å². The largest absolute Gasteiger partial charge is 1.00 e. The van der Waals surface area contributed by atoms with Crippen molar-refractivity contribution in [2.45, 2.75) is 19.6 Å². The van der Waals surface area contributed by atoms with E-state index in [4.69, 9.17) is 0 Å². The van der Waals surface area contributed by atoms with Gasteiger partial charge in [0.1, 0.15) is 40.5 Å². The topological polar surface area (TPSA) is 386 Å². The second kappa shape index (κ2) is 26.5. The normalized spacial score (nSPS) is 11.1. The van der Waals surface area contributed by atoms with Gasteiger partial charge in [0.15, 0.2) is 0 Å². The van der Waals surface area contributed by atoms with Crippen LogP contribution in [0.25, 0.3) is 0 Å². The van der Waals surface area contributed by atoms with Crippen LogP contribution < -0.4 is 150 Å². The van der Waals surface area contributed by atoms with Crippen molar-refractivity contribution in [3.05, 3.63) is 156 Å². The fraction of sp³-hybridized carbons (Fsp3) is 0. The van der Waals surface area contributed by atoms with Crippen LogP contribution in [-0.2, 0) is 40.5 Å². The van der Waals surface area contributed by atoms with E-state index in [1.165, 1.54) is 48.5 Å². The minimum absolute atomic E-state index is 0. The van der Waals surface area contributed by atoms with Crippen LogP contribution in [-0.4, -0.2) is 81.5 Å². The summed E-state index contributed by atoms with van der Waals surface area (Å²) in [4.78, 5) is 64.7. The van der Waals surface area contributed by atoms with E-state index in [9.17, 15) is 75.9 Å². The third-order valence-electron chi connectivity index (χ3n) is 9.05. The smallest absolute Gasteiger partial charge is 0.744 e. The van der Waals surface area contributed by atoms with E-state index in [0.29, 0.717) is 0 Å². The molecule has 6 aromatic rings. The number of para-hydroxylation sites is 4. The number of anilines is 6. The molecule has 0 aromatic heterocycles. The zero-order valence-electron chi connectivity index (χ0n) is 37.8. The summed E-state index contributed by atoms with van der Waals surface area (Å²) in [6.45, 7) is 0.